The Labute approximate surface area is 195 Å². The van der Waals surface area contributed by atoms with Crippen molar-refractivity contribution in [3.05, 3.63) is 109 Å². The van der Waals surface area contributed by atoms with Crippen molar-refractivity contribution in [2.24, 2.45) is 0 Å². The number of nitrogens with zero attached hydrogens (tertiary/aromatic N) is 3. The average Bonchev–Trinajstić information content (AvgIpc) is 3.33. The van der Waals surface area contributed by atoms with E-state index in [0.717, 1.165) is 53.9 Å². The number of para-hydroxylation sites is 2. The largest absolute Gasteiger partial charge is 0.256 e. The first kappa shape index (κ1) is 19.4. The zero-order valence-corrected chi connectivity index (χ0v) is 18.4. The van der Waals surface area contributed by atoms with Gasteiger partial charge in [0.25, 0.3) is 0 Å². The van der Waals surface area contributed by atoms with Crippen molar-refractivity contribution in [1.82, 2.24) is 9.97 Å². The number of aromatic nitrogens is 2. The highest BCUT2D eigenvalue weighted by molar-refractivity contribution is 7.21. The van der Waals surface area contributed by atoms with Gasteiger partial charge < -0.3 is 0 Å². The van der Waals surface area contributed by atoms with Gasteiger partial charge in [0.2, 0.25) is 0 Å². The number of hydrogen-bond donors (Lipinski definition) is 0. The molecule has 0 fully saturated rings. The van der Waals surface area contributed by atoms with Crippen molar-refractivity contribution < 1.29 is 0 Å². The molecule has 0 spiro atoms. The first-order valence-corrected chi connectivity index (χ1v) is 11.5. The van der Waals surface area contributed by atoms with Gasteiger partial charge >= 0.3 is 0 Å². The van der Waals surface area contributed by atoms with Gasteiger partial charge in [0.1, 0.15) is 5.01 Å². The standard InChI is InChI=1S/C29H17N3S/c30-18-19-15-23(17-24(16-19)29-32-26-8-1-2-9-27(26)33-29)20-10-12-21(13-11-20)25-7-3-5-22-6-4-14-31-28(22)25/h1-17H. The number of rotatable bonds is 3. The number of thiazole rings is 1. The molecule has 6 aromatic rings. The topological polar surface area (TPSA) is 49.6 Å². The fraction of sp³-hybridized carbons (Fsp3) is 0. The fourth-order valence-corrected chi connectivity index (χ4v) is 5.11. The monoisotopic (exact) mass is 439 g/mol. The lowest BCUT2D eigenvalue weighted by Gasteiger charge is -2.09. The second kappa shape index (κ2) is 7.98. The minimum absolute atomic E-state index is 0.629. The molecule has 2 heterocycles. The summed E-state index contributed by atoms with van der Waals surface area (Å²) in [5.74, 6) is 0. The summed E-state index contributed by atoms with van der Waals surface area (Å²) in [6, 6.07) is 35.1. The molecule has 6 rings (SSSR count). The number of pyridine rings is 1. The van der Waals surface area contributed by atoms with E-state index in [1.165, 1.54) is 0 Å². The molecule has 0 saturated heterocycles. The molecule has 154 valence electrons. The maximum atomic E-state index is 9.64. The summed E-state index contributed by atoms with van der Waals surface area (Å²) >= 11 is 1.65. The van der Waals surface area contributed by atoms with Crippen LogP contribution >= 0.6 is 11.3 Å². The van der Waals surface area contributed by atoms with Crippen LogP contribution in [0.5, 0.6) is 0 Å². The Balaban J connectivity index is 1.42. The van der Waals surface area contributed by atoms with Crippen LogP contribution in [0.2, 0.25) is 0 Å². The Bertz CT molecular complexity index is 1640. The van der Waals surface area contributed by atoms with Crippen molar-refractivity contribution in [1.29, 1.82) is 5.26 Å². The Hall–Kier alpha value is -4.33. The van der Waals surface area contributed by atoms with E-state index in [0.29, 0.717) is 5.56 Å². The number of nitriles is 1. The second-order valence-electron chi connectivity index (χ2n) is 7.86. The molecular formula is C29H17N3S. The Morgan fingerprint density at radius 2 is 1.48 bits per heavy atom. The van der Waals surface area contributed by atoms with Gasteiger partial charge in [0, 0.05) is 22.7 Å². The smallest absolute Gasteiger partial charge is 0.124 e. The third-order valence-electron chi connectivity index (χ3n) is 5.76. The molecule has 4 heteroatoms. The Morgan fingerprint density at radius 3 is 2.33 bits per heavy atom. The first-order chi connectivity index (χ1) is 16.3. The summed E-state index contributed by atoms with van der Waals surface area (Å²) in [7, 11) is 0. The maximum Gasteiger partial charge on any atom is 0.124 e. The number of fused-ring (bicyclic) bond motifs is 2. The maximum absolute atomic E-state index is 9.64. The van der Waals surface area contributed by atoms with Gasteiger partial charge in [-0.2, -0.15) is 5.26 Å². The van der Waals surface area contributed by atoms with Crippen LogP contribution in [-0.2, 0) is 0 Å². The van der Waals surface area contributed by atoms with E-state index in [-0.39, 0.29) is 0 Å². The van der Waals surface area contributed by atoms with E-state index in [4.69, 9.17) is 4.98 Å². The Kier molecular flexibility index (Phi) is 4.68. The minimum Gasteiger partial charge on any atom is -0.256 e. The molecule has 0 N–H and O–H groups in total. The molecule has 0 saturated carbocycles. The van der Waals surface area contributed by atoms with Crippen LogP contribution in [0.3, 0.4) is 0 Å². The molecular weight excluding hydrogens is 422 g/mol. The van der Waals surface area contributed by atoms with E-state index in [1.807, 2.05) is 42.6 Å². The molecule has 0 unspecified atom stereocenters. The normalized spacial score (nSPS) is 11.0. The van der Waals surface area contributed by atoms with Crippen molar-refractivity contribution >= 4 is 32.5 Å². The van der Waals surface area contributed by atoms with Crippen LogP contribution in [-0.4, -0.2) is 9.97 Å². The Morgan fingerprint density at radius 1 is 0.697 bits per heavy atom. The molecule has 4 aromatic carbocycles. The lowest BCUT2D eigenvalue weighted by atomic mass is 9.96. The highest BCUT2D eigenvalue weighted by Gasteiger charge is 2.11. The van der Waals surface area contributed by atoms with E-state index in [2.05, 4.69) is 71.7 Å². The van der Waals surface area contributed by atoms with Crippen LogP contribution < -0.4 is 0 Å². The third kappa shape index (κ3) is 3.55. The molecule has 0 aliphatic heterocycles. The number of benzene rings is 4. The molecule has 0 aliphatic carbocycles. The molecule has 0 radical (unpaired) electrons. The summed E-state index contributed by atoms with van der Waals surface area (Å²) in [6.07, 6.45) is 1.83. The molecule has 3 nitrogen and oxygen atoms in total. The van der Waals surface area contributed by atoms with Crippen LogP contribution in [0.25, 0.3) is 53.9 Å². The number of hydrogen-bond acceptors (Lipinski definition) is 4. The van der Waals surface area contributed by atoms with Gasteiger partial charge in [0.15, 0.2) is 0 Å². The summed E-state index contributed by atoms with van der Waals surface area (Å²) in [4.78, 5) is 9.36. The van der Waals surface area contributed by atoms with Gasteiger partial charge in [-0.15, -0.1) is 11.3 Å². The molecule has 0 aliphatic rings. The van der Waals surface area contributed by atoms with Crippen molar-refractivity contribution in [3.63, 3.8) is 0 Å². The molecule has 2 aromatic heterocycles. The molecule has 0 bridgehead atoms. The summed E-state index contributed by atoms with van der Waals surface area (Å²) in [5, 5.41) is 11.7. The van der Waals surface area contributed by atoms with E-state index >= 15 is 0 Å². The van der Waals surface area contributed by atoms with Gasteiger partial charge in [-0.25, -0.2) is 4.98 Å². The van der Waals surface area contributed by atoms with Crippen LogP contribution in [0, 0.1) is 11.3 Å². The SMILES string of the molecule is N#Cc1cc(-c2ccc(-c3cccc4cccnc34)cc2)cc(-c2nc3ccccc3s2)c1. The zero-order chi connectivity index (χ0) is 22.2. The minimum atomic E-state index is 0.629. The summed E-state index contributed by atoms with van der Waals surface area (Å²) in [6.45, 7) is 0. The lowest BCUT2D eigenvalue weighted by molar-refractivity contribution is 1.41. The molecule has 33 heavy (non-hydrogen) atoms. The van der Waals surface area contributed by atoms with Gasteiger partial charge in [-0.3, -0.25) is 4.98 Å². The molecule has 0 atom stereocenters. The summed E-state index contributed by atoms with van der Waals surface area (Å²) in [5.41, 5.74) is 7.87. The van der Waals surface area contributed by atoms with Crippen LogP contribution in [0.4, 0.5) is 0 Å². The highest BCUT2D eigenvalue weighted by Crippen LogP contribution is 2.34. The van der Waals surface area contributed by atoms with Crippen LogP contribution in [0.1, 0.15) is 5.56 Å². The lowest BCUT2D eigenvalue weighted by Crippen LogP contribution is -1.87. The predicted molar refractivity (Wildman–Crippen MR) is 136 cm³/mol. The van der Waals surface area contributed by atoms with E-state index in [1.54, 1.807) is 11.3 Å². The quantitative estimate of drug-likeness (QED) is 0.284. The summed E-state index contributed by atoms with van der Waals surface area (Å²) < 4.78 is 1.14. The van der Waals surface area contributed by atoms with Crippen molar-refractivity contribution in [2.75, 3.05) is 0 Å². The van der Waals surface area contributed by atoms with Gasteiger partial charge in [-0.05, 0) is 53.1 Å². The second-order valence-corrected chi connectivity index (χ2v) is 8.89. The van der Waals surface area contributed by atoms with Crippen LogP contribution in [0.15, 0.2) is 103 Å². The van der Waals surface area contributed by atoms with E-state index in [9.17, 15) is 5.26 Å². The average molecular weight is 440 g/mol. The first-order valence-electron chi connectivity index (χ1n) is 10.6. The van der Waals surface area contributed by atoms with Gasteiger partial charge in [-0.1, -0.05) is 60.7 Å². The van der Waals surface area contributed by atoms with Crippen molar-refractivity contribution in [3.8, 4) is 38.9 Å². The van der Waals surface area contributed by atoms with Gasteiger partial charge in [0.05, 0.1) is 27.4 Å². The fourth-order valence-electron chi connectivity index (χ4n) is 4.16. The highest BCUT2D eigenvalue weighted by atomic mass is 32.1. The molecule has 0 amide bonds. The van der Waals surface area contributed by atoms with Crippen molar-refractivity contribution in [2.45, 2.75) is 0 Å². The third-order valence-corrected chi connectivity index (χ3v) is 6.85. The predicted octanol–water partition coefficient (Wildman–Crippen LogP) is 7.72. The van der Waals surface area contributed by atoms with E-state index < -0.39 is 0 Å². The zero-order valence-electron chi connectivity index (χ0n) is 17.6.